The summed E-state index contributed by atoms with van der Waals surface area (Å²) in [4.78, 5) is 31.4. The van der Waals surface area contributed by atoms with Gasteiger partial charge in [0.2, 0.25) is 0 Å². The number of amides is 2. The van der Waals surface area contributed by atoms with Crippen LogP contribution in [0.3, 0.4) is 0 Å². The van der Waals surface area contributed by atoms with Crippen molar-refractivity contribution in [3.8, 4) is 18.1 Å². The van der Waals surface area contributed by atoms with Gasteiger partial charge in [-0.15, -0.1) is 6.42 Å². The Morgan fingerprint density at radius 2 is 1.89 bits per heavy atom. The molecule has 6 heteroatoms. The largest absolute Gasteiger partial charge is 0.497 e. The van der Waals surface area contributed by atoms with Crippen molar-refractivity contribution in [2.45, 2.75) is 44.7 Å². The first kappa shape index (κ1) is 24.0. The van der Waals surface area contributed by atoms with Crippen LogP contribution < -0.4 is 10.1 Å². The zero-order chi connectivity index (χ0) is 24.8. The van der Waals surface area contributed by atoms with Gasteiger partial charge >= 0.3 is 0 Å². The highest BCUT2D eigenvalue weighted by Gasteiger charge is 2.37. The molecule has 2 heterocycles. The third-order valence-corrected chi connectivity index (χ3v) is 6.45. The lowest BCUT2D eigenvalue weighted by Crippen LogP contribution is -2.47. The maximum Gasteiger partial charge on any atom is 0.299 e. The van der Waals surface area contributed by atoms with Crippen LogP contribution in [-0.4, -0.2) is 34.8 Å². The maximum atomic E-state index is 13.0. The highest BCUT2D eigenvalue weighted by Crippen LogP contribution is 2.40. The number of unbranched alkanes of at least 4 members (excludes halogenated alkanes) is 1. The second kappa shape index (κ2) is 10.9. The molecule has 3 aromatic rings. The Kier molecular flexibility index (Phi) is 7.47. The second-order valence-corrected chi connectivity index (χ2v) is 8.64. The van der Waals surface area contributed by atoms with E-state index in [9.17, 15) is 9.59 Å². The van der Waals surface area contributed by atoms with Crippen molar-refractivity contribution in [3.05, 3.63) is 89.2 Å². The highest BCUT2D eigenvalue weighted by molar-refractivity contribution is 6.04. The van der Waals surface area contributed by atoms with Gasteiger partial charge < -0.3 is 15.0 Å². The monoisotopic (exact) mass is 467 g/mol. The van der Waals surface area contributed by atoms with E-state index in [-0.39, 0.29) is 23.9 Å². The molecule has 2 aromatic carbocycles. The highest BCUT2D eigenvalue weighted by atomic mass is 16.5. The summed E-state index contributed by atoms with van der Waals surface area (Å²) in [5.41, 5.74) is 4.33. The predicted octanol–water partition coefficient (Wildman–Crippen LogP) is 5.01. The van der Waals surface area contributed by atoms with Gasteiger partial charge in [0.25, 0.3) is 11.8 Å². The molecule has 2 amide bonds. The predicted molar refractivity (Wildman–Crippen MR) is 136 cm³/mol. The number of benzene rings is 2. The molecule has 0 radical (unpaired) electrons. The summed E-state index contributed by atoms with van der Waals surface area (Å²) in [5.74, 6) is 2.62. The van der Waals surface area contributed by atoms with Crippen LogP contribution >= 0.6 is 0 Å². The van der Waals surface area contributed by atoms with Gasteiger partial charge in [-0.2, -0.15) is 0 Å². The van der Waals surface area contributed by atoms with Crippen molar-refractivity contribution in [2.24, 2.45) is 0 Å². The molecule has 35 heavy (non-hydrogen) atoms. The molecule has 1 aliphatic heterocycles. The standard InChI is InChI=1S/C29H29N3O3/c1-4-6-7-24-18-22-19-25(35-3)12-13-26(22)28(32(24)27(33)5-2)20-8-10-23(11-9-20)31-29(34)21-14-16-30-17-15-21/h2,8-17,19,24,28H,4,6-7,18H2,1,3H3,(H,31,34)/t24-,28?/m0/s1. The van der Waals surface area contributed by atoms with E-state index in [0.29, 0.717) is 11.3 Å². The van der Waals surface area contributed by atoms with Crippen molar-refractivity contribution < 1.29 is 14.3 Å². The number of fused-ring (bicyclic) bond motifs is 1. The summed E-state index contributed by atoms with van der Waals surface area (Å²) in [7, 11) is 1.66. The van der Waals surface area contributed by atoms with Crippen molar-refractivity contribution in [1.29, 1.82) is 0 Å². The van der Waals surface area contributed by atoms with Gasteiger partial charge in [-0.25, -0.2) is 0 Å². The number of anilines is 1. The lowest BCUT2D eigenvalue weighted by molar-refractivity contribution is -0.130. The molecular weight excluding hydrogens is 438 g/mol. The first-order valence-electron chi connectivity index (χ1n) is 11.8. The van der Waals surface area contributed by atoms with Crippen LogP contribution in [0.15, 0.2) is 67.0 Å². The van der Waals surface area contributed by atoms with E-state index in [1.54, 1.807) is 31.6 Å². The van der Waals surface area contributed by atoms with Crippen molar-refractivity contribution in [3.63, 3.8) is 0 Å². The van der Waals surface area contributed by atoms with Gasteiger partial charge in [0, 0.05) is 29.7 Å². The van der Waals surface area contributed by atoms with E-state index in [1.165, 1.54) is 0 Å². The summed E-state index contributed by atoms with van der Waals surface area (Å²) in [5, 5.41) is 2.91. The number of carbonyl (C=O) groups is 2. The number of carbonyl (C=O) groups excluding carboxylic acids is 2. The Morgan fingerprint density at radius 1 is 1.14 bits per heavy atom. The summed E-state index contributed by atoms with van der Waals surface area (Å²) >= 11 is 0. The van der Waals surface area contributed by atoms with Crippen LogP contribution in [0.2, 0.25) is 0 Å². The van der Waals surface area contributed by atoms with Gasteiger partial charge in [-0.05, 0) is 71.9 Å². The Bertz CT molecular complexity index is 1230. The fourth-order valence-electron chi connectivity index (χ4n) is 4.70. The molecule has 0 saturated heterocycles. The molecule has 0 fully saturated rings. The van der Waals surface area contributed by atoms with Gasteiger partial charge in [-0.1, -0.05) is 38.0 Å². The minimum Gasteiger partial charge on any atom is -0.497 e. The smallest absolute Gasteiger partial charge is 0.299 e. The van der Waals surface area contributed by atoms with Gasteiger partial charge in [0.15, 0.2) is 0 Å². The first-order chi connectivity index (χ1) is 17.0. The van der Waals surface area contributed by atoms with Gasteiger partial charge in [-0.3, -0.25) is 14.6 Å². The molecule has 2 atom stereocenters. The van der Waals surface area contributed by atoms with Crippen LogP contribution in [0.1, 0.15) is 59.3 Å². The van der Waals surface area contributed by atoms with E-state index in [0.717, 1.165) is 48.1 Å². The number of terminal acetylenes is 1. The SMILES string of the molecule is C#CC(=O)N1C(c2ccc(NC(=O)c3ccncc3)cc2)c2ccc(OC)cc2C[C@@H]1CCCC. The minimum absolute atomic E-state index is 0.00539. The molecule has 0 saturated carbocycles. The number of pyridine rings is 1. The number of ether oxygens (including phenoxy) is 1. The molecule has 1 unspecified atom stereocenters. The second-order valence-electron chi connectivity index (χ2n) is 8.64. The fourth-order valence-corrected chi connectivity index (χ4v) is 4.70. The number of nitrogens with zero attached hydrogens (tertiary/aromatic N) is 2. The molecule has 1 aliphatic rings. The molecule has 1 N–H and O–H groups in total. The van der Waals surface area contributed by atoms with Crippen LogP contribution in [-0.2, 0) is 11.2 Å². The number of hydrogen-bond acceptors (Lipinski definition) is 4. The fraction of sp³-hybridized carbons (Fsp3) is 0.276. The molecule has 0 aliphatic carbocycles. The molecule has 1 aromatic heterocycles. The average Bonchev–Trinajstić information content (AvgIpc) is 2.91. The maximum absolute atomic E-state index is 13.0. The molecule has 4 rings (SSSR count). The minimum atomic E-state index is -0.319. The van der Waals surface area contributed by atoms with Crippen LogP contribution in [0.4, 0.5) is 5.69 Å². The number of rotatable bonds is 7. The van der Waals surface area contributed by atoms with E-state index in [1.807, 2.05) is 41.3 Å². The van der Waals surface area contributed by atoms with Gasteiger partial charge in [0.05, 0.1) is 13.2 Å². The van der Waals surface area contributed by atoms with Crippen molar-refractivity contribution in [1.82, 2.24) is 9.88 Å². The Balaban J connectivity index is 1.70. The Labute approximate surface area is 206 Å². The van der Waals surface area contributed by atoms with Crippen LogP contribution in [0.25, 0.3) is 0 Å². The summed E-state index contributed by atoms with van der Waals surface area (Å²) in [6.07, 6.45) is 12.4. The number of aromatic nitrogens is 1. The topological polar surface area (TPSA) is 71.5 Å². The normalized spacial score (nSPS) is 16.7. The molecule has 0 bridgehead atoms. The quantitative estimate of drug-likeness (QED) is 0.496. The zero-order valence-electron chi connectivity index (χ0n) is 20.0. The number of hydrogen-bond donors (Lipinski definition) is 1. The number of methoxy groups -OCH3 is 1. The van der Waals surface area contributed by atoms with E-state index >= 15 is 0 Å². The summed E-state index contributed by atoms with van der Waals surface area (Å²) < 4.78 is 5.47. The molecule has 178 valence electrons. The first-order valence-corrected chi connectivity index (χ1v) is 11.8. The van der Waals surface area contributed by atoms with E-state index in [4.69, 9.17) is 11.2 Å². The summed E-state index contributed by atoms with van der Waals surface area (Å²) in [6.45, 7) is 2.14. The number of nitrogens with one attached hydrogen (secondary N) is 1. The lowest BCUT2D eigenvalue weighted by Gasteiger charge is -2.43. The Morgan fingerprint density at radius 3 is 2.54 bits per heavy atom. The zero-order valence-corrected chi connectivity index (χ0v) is 20.0. The van der Waals surface area contributed by atoms with E-state index < -0.39 is 0 Å². The molecule has 6 nitrogen and oxygen atoms in total. The third-order valence-electron chi connectivity index (χ3n) is 6.45. The van der Waals surface area contributed by atoms with Gasteiger partial charge in [0.1, 0.15) is 5.75 Å². The molecular formula is C29H29N3O3. The third kappa shape index (κ3) is 5.20. The average molecular weight is 468 g/mol. The summed E-state index contributed by atoms with van der Waals surface area (Å²) in [6, 6.07) is 16.6. The lowest BCUT2D eigenvalue weighted by atomic mass is 9.83. The van der Waals surface area contributed by atoms with Crippen molar-refractivity contribution >= 4 is 17.5 Å². The van der Waals surface area contributed by atoms with Crippen molar-refractivity contribution in [2.75, 3.05) is 12.4 Å². The van der Waals surface area contributed by atoms with Crippen LogP contribution in [0, 0.1) is 12.3 Å². The Hall–Kier alpha value is -4.11. The van der Waals surface area contributed by atoms with E-state index in [2.05, 4.69) is 29.2 Å². The molecule has 0 spiro atoms. The van der Waals surface area contributed by atoms with Crippen LogP contribution in [0.5, 0.6) is 5.75 Å².